The molecule has 0 amide bonds. The minimum absolute atomic E-state index is 0.193. The van der Waals surface area contributed by atoms with Gasteiger partial charge in [0.05, 0.1) is 30.2 Å². The fourth-order valence-corrected chi connectivity index (χ4v) is 4.48. The van der Waals surface area contributed by atoms with Gasteiger partial charge in [-0.25, -0.2) is 13.4 Å². The maximum absolute atomic E-state index is 12.9. The first-order valence-corrected chi connectivity index (χ1v) is 9.38. The summed E-state index contributed by atoms with van der Waals surface area (Å²) in [4.78, 5) is 8.45. The van der Waals surface area contributed by atoms with Crippen molar-refractivity contribution in [3.05, 3.63) is 60.4 Å². The molecule has 1 saturated heterocycles. The molecule has 1 aliphatic heterocycles. The zero-order chi connectivity index (χ0) is 18.1. The Morgan fingerprint density at radius 3 is 2.73 bits per heavy atom. The van der Waals surface area contributed by atoms with Gasteiger partial charge in [0.2, 0.25) is 15.9 Å². The summed E-state index contributed by atoms with van der Waals surface area (Å²) in [5.41, 5.74) is 0.906. The molecule has 0 aliphatic carbocycles. The number of aromatic nitrogens is 2. The predicted octanol–water partition coefficient (Wildman–Crippen LogP) is 1.95. The van der Waals surface area contributed by atoms with Gasteiger partial charge in [0.15, 0.2) is 0 Å². The first-order valence-electron chi connectivity index (χ1n) is 7.94. The summed E-state index contributed by atoms with van der Waals surface area (Å²) in [6, 6.07) is 13.8. The number of ether oxygens (including phenoxy) is 1. The van der Waals surface area contributed by atoms with Crippen LogP contribution in [0.25, 0.3) is 10.9 Å². The van der Waals surface area contributed by atoms with E-state index in [1.165, 1.54) is 16.6 Å². The quantitative estimate of drug-likeness (QED) is 0.700. The SMILES string of the molecule is N#Cc1ccnc(OC2CN(S(=O)(=O)c3cccc4cccnc34)C2)c1. The Hall–Kier alpha value is -3.02. The summed E-state index contributed by atoms with van der Waals surface area (Å²) in [6.45, 7) is 0.452. The number of nitriles is 1. The van der Waals surface area contributed by atoms with Gasteiger partial charge in [-0.2, -0.15) is 9.57 Å². The van der Waals surface area contributed by atoms with E-state index in [2.05, 4.69) is 9.97 Å². The summed E-state index contributed by atoms with van der Waals surface area (Å²) < 4.78 is 32.8. The van der Waals surface area contributed by atoms with Crippen molar-refractivity contribution in [3.63, 3.8) is 0 Å². The zero-order valence-corrected chi connectivity index (χ0v) is 14.4. The van der Waals surface area contributed by atoms with Gasteiger partial charge in [0.25, 0.3) is 0 Å². The van der Waals surface area contributed by atoms with E-state index in [0.29, 0.717) is 17.0 Å². The van der Waals surface area contributed by atoms with Gasteiger partial charge in [-0.05, 0) is 18.2 Å². The van der Waals surface area contributed by atoms with Crippen molar-refractivity contribution in [1.82, 2.24) is 14.3 Å². The zero-order valence-electron chi connectivity index (χ0n) is 13.6. The maximum Gasteiger partial charge on any atom is 0.245 e. The van der Waals surface area contributed by atoms with Crippen LogP contribution in [0.3, 0.4) is 0 Å². The van der Waals surface area contributed by atoms with E-state index >= 15 is 0 Å². The van der Waals surface area contributed by atoms with Crippen LogP contribution in [-0.2, 0) is 10.0 Å². The maximum atomic E-state index is 12.9. The molecule has 0 N–H and O–H groups in total. The third-order valence-electron chi connectivity index (χ3n) is 4.18. The predicted molar refractivity (Wildman–Crippen MR) is 93.9 cm³/mol. The monoisotopic (exact) mass is 366 g/mol. The Labute approximate surface area is 150 Å². The van der Waals surface area contributed by atoms with Crippen LogP contribution in [0.4, 0.5) is 0 Å². The van der Waals surface area contributed by atoms with Gasteiger partial charge < -0.3 is 4.74 Å². The van der Waals surface area contributed by atoms with Gasteiger partial charge in [-0.15, -0.1) is 0 Å². The van der Waals surface area contributed by atoms with Crippen molar-refractivity contribution < 1.29 is 13.2 Å². The third kappa shape index (κ3) is 2.87. The van der Waals surface area contributed by atoms with E-state index in [4.69, 9.17) is 10.00 Å². The van der Waals surface area contributed by atoms with Crippen molar-refractivity contribution in [1.29, 1.82) is 5.26 Å². The van der Waals surface area contributed by atoms with Crippen LogP contribution in [0, 0.1) is 11.3 Å². The highest BCUT2D eigenvalue weighted by Gasteiger charge is 2.39. The van der Waals surface area contributed by atoms with Crippen LogP contribution in [0.1, 0.15) is 5.56 Å². The van der Waals surface area contributed by atoms with E-state index in [1.807, 2.05) is 18.2 Å². The van der Waals surface area contributed by atoms with Crippen molar-refractivity contribution in [2.45, 2.75) is 11.0 Å². The molecule has 0 bridgehead atoms. The van der Waals surface area contributed by atoms with Gasteiger partial charge in [0.1, 0.15) is 11.0 Å². The lowest BCUT2D eigenvalue weighted by atomic mass is 10.2. The summed E-state index contributed by atoms with van der Waals surface area (Å²) in [6.07, 6.45) is 2.77. The van der Waals surface area contributed by atoms with Crippen LogP contribution in [0.15, 0.2) is 59.8 Å². The number of hydrogen-bond acceptors (Lipinski definition) is 6. The number of sulfonamides is 1. The smallest absolute Gasteiger partial charge is 0.245 e. The van der Waals surface area contributed by atoms with Crippen molar-refractivity contribution in [2.24, 2.45) is 0 Å². The highest BCUT2D eigenvalue weighted by atomic mass is 32.2. The molecule has 0 saturated carbocycles. The van der Waals surface area contributed by atoms with Crippen molar-refractivity contribution in [3.8, 4) is 11.9 Å². The number of benzene rings is 1. The number of nitrogens with zero attached hydrogens (tertiary/aromatic N) is 4. The molecule has 1 aromatic carbocycles. The first kappa shape index (κ1) is 16.4. The molecule has 1 aliphatic rings. The van der Waals surface area contributed by atoms with Gasteiger partial charge in [-0.1, -0.05) is 18.2 Å². The Kier molecular flexibility index (Phi) is 4.03. The highest BCUT2D eigenvalue weighted by molar-refractivity contribution is 7.89. The topological polar surface area (TPSA) is 96.2 Å². The number of rotatable bonds is 4. The summed E-state index contributed by atoms with van der Waals surface area (Å²) >= 11 is 0. The molecule has 3 heterocycles. The van der Waals surface area contributed by atoms with E-state index in [0.717, 1.165) is 5.39 Å². The number of para-hydroxylation sites is 1. The standard InChI is InChI=1S/C18H14N4O3S/c19-10-13-6-8-20-17(9-13)25-15-11-22(12-15)26(23,24)16-5-1-3-14-4-2-7-21-18(14)16/h1-9,15H,11-12H2. The molecule has 130 valence electrons. The molecule has 0 unspecified atom stereocenters. The second-order valence-electron chi connectivity index (χ2n) is 5.89. The summed E-state index contributed by atoms with van der Waals surface area (Å²) in [7, 11) is -3.65. The van der Waals surface area contributed by atoms with Gasteiger partial charge in [-0.3, -0.25) is 4.98 Å². The average Bonchev–Trinajstić information content (AvgIpc) is 2.63. The lowest BCUT2D eigenvalue weighted by Crippen LogP contribution is -2.56. The van der Waals surface area contributed by atoms with E-state index in [1.54, 1.807) is 30.5 Å². The molecular weight excluding hydrogens is 352 g/mol. The Balaban J connectivity index is 1.52. The lowest BCUT2D eigenvalue weighted by molar-refractivity contribution is 0.0721. The molecule has 2 aromatic heterocycles. The van der Waals surface area contributed by atoms with Crippen LogP contribution in [0.5, 0.6) is 5.88 Å². The molecule has 4 rings (SSSR count). The molecular formula is C18H14N4O3S. The summed E-state index contributed by atoms with van der Waals surface area (Å²) in [5.74, 6) is 0.318. The molecule has 0 spiro atoms. The molecule has 3 aromatic rings. The second-order valence-corrected chi connectivity index (χ2v) is 7.79. The van der Waals surface area contributed by atoms with Crippen LogP contribution < -0.4 is 4.74 Å². The second kappa shape index (κ2) is 6.37. The van der Waals surface area contributed by atoms with Gasteiger partial charge >= 0.3 is 0 Å². The lowest BCUT2D eigenvalue weighted by Gasteiger charge is -2.37. The molecule has 0 atom stereocenters. The van der Waals surface area contributed by atoms with Crippen LogP contribution >= 0.6 is 0 Å². The minimum atomic E-state index is -3.65. The molecule has 7 nitrogen and oxygen atoms in total. The first-order chi connectivity index (χ1) is 12.6. The van der Waals surface area contributed by atoms with E-state index in [9.17, 15) is 8.42 Å². The highest BCUT2D eigenvalue weighted by Crippen LogP contribution is 2.28. The van der Waals surface area contributed by atoms with Crippen LogP contribution in [-0.4, -0.2) is 41.9 Å². The van der Waals surface area contributed by atoms with Crippen molar-refractivity contribution >= 4 is 20.9 Å². The van der Waals surface area contributed by atoms with E-state index in [-0.39, 0.29) is 24.1 Å². The number of fused-ring (bicyclic) bond motifs is 1. The fourth-order valence-electron chi connectivity index (χ4n) is 2.81. The van der Waals surface area contributed by atoms with Crippen LogP contribution in [0.2, 0.25) is 0 Å². The minimum Gasteiger partial charge on any atom is -0.471 e. The normalized spacial score (nSPS) is 15.3. The number of pyridine rings is 2. The fraction of sp³-hybridized carbons (Fsp3) is 0.167. The van der Waals surface area contributed by atoms with Gasteiger partial charge in [0, 0.05) is 23.8 Å². The third-order valence-corrected chi connectivity index (χ3v) is 6.04. The Morgan fingerprint density at radius 1 is 1.12 bits per heavy atom. The molecule has 1 fully saturated rings. The molecule has 0 radical (unpaired) electrons. The molecule has 8 heteroatoms. The number of hydrogen-bond donors (Lipinski definition) is 0. The molecule has 26 heavy (non-hydrogen) atoms. The van der Waals surface area contributed by atoms with E-state index < -0.39 is 10.0 Å². The largest absolute Gasteiger partial charge is 0.471 e. The summed E-state index contributed by atoms with van der Waals surface area (Å²) in [5, 5.41) is 9.68. The Bertz CT molecular complexity index is 1110. The van der Waals surface area contributed by atoms with Crippen molar-refractivity contribution in [2.75, 3.05) is 13.1 Å². The average molecular weight is 366 g/mol. The Morgan fingerprint density at radius 2 is 1.92 bits per heavy atom.